The summed E-state index contributed by atoms with van der Waals surface area (Å²) in [6.45, 7) is 5.99. The Morgan fingerprint density at radius 1 is 0.917 bits per heavy atom. The predicted molar refractivity (Wildman–Crippen MR) is 94.2 cm³/mol. The maximum atomic E-state index is 12.9. The first kappa shape index (κ1) is 15.1. The van der Waals surface area contributed by atoms with Gasteiger partial charge in [-0.05, 0) is 41.5 Å². The van der Waals surface area contributed by atoms with Crippen LogP contribution in [0.1, 0.15) is 46.5 Å². The van der Waals surface area contributed by atoms with Crippen LogP contribution in [0, 0.1) is 11.8 Å². The number of hydrogen-bond acceptors (Lipinski definition) is 2. The minimum absolute atomic E-state index is 0.0237. The van der Waals surface area contributed by atoms with Crippen LogP contribution in [0.5, 0.6) is 0 Å². The number of carbonyl (C=O) groups is 2. The van der Waals surface area contributed by atoms with Crippen LogP contribution in [0.25, 0.3) is 11.1 Å². The number of nitrogens with zero attached hydrogens (tertiary/aromatic N) is 1. The molecule has 2 aromatic rings. The monoisotopic (exact) mass is 319 g/mol. The molecule has 0 unspecified atom stereocenters. The van der Waals surface area contributed by atoms with Gasteiger partial charge in [0.2, 0.25) is 0 Å². The summed E-state index contributed by atoms with van der Waals surface area (Å²) in [6, 6.07) is 13.2. The van der Waals surface area contributed by atoms with Gasteiger partial charge in [-0.25, -0.2) is 0 Å². The summed E-state index contributed by atoms with van der Waals surface area (Å²) in [6.07, 6.45) is 1.17. The largest absolute Gasteiger partial charge is 0.338 e. The molecule has 3 nitrogen and oxygen atoms in total. The van der Waals surface area contributed by atoms with Crippen LogP contribution >= 0.6 is 0 Å². The lowest BCUT2D eigenvalue weighted by molar-refractivity contribution is 0.0623. The molecule has 1 amide bonds. The molecule has 0 spiro atoms. The average Bonchev–Trinajstić information content (AvgIpc) is 2.86. The summed E-state index contributed by atoms with van der Waals surface area (Å²) in [4.78, 5) is 27.4. The third kappa shape index (κ3) is 2.35. The van der Waals surface area contributed by atoms with Crippen LogP contribution in [0.4, 0.5) is 0 Å². The van der Waals surface area contributed by atoms with Crippen molar-refractivity contribution >= 4 is 11.7 Å². The summed E-state index contributed by atoms with van der Waals surface area (Å²) in [5.74, 6) is 1.12. The van der Waals surface area contributed by atoms with E-state index in [9.17, 15) is 9.59 Å². The Bertz CT molecular complexity index is 829. The summed E-state index contributed by atoms with van der Waals surface area (Å²) in [7, 11) is 0. The van der Waals surface area contributed by atoms with Gasteiger partial charge in [0.05, 0.1) is 0 Å². The maximum absolute atomic E-state index is 12.9. The number of ketones is 1. The summed E-state index contributed by atoms with van der Waals surface area (Å²) < 4.78 is 0. The lowest BCUT2D eigenvalue weighted by Gasteiger charge is -2.35. The Hall–Kier alpha value is -2.42. The molecule has 1 saturated heterocycles. The second kappa shape index (κ2) is 5.59. The molecule has 0 N–H and O–H groups in total. The highest BCUT2D eigenvalue weighted by Gasteiger charge is 2.30. The van der Waals surface area contributed by atoms with Crippen molar-refractivity contribution < 1.29 is 9.59 Å². The fraction of sp³-hybridized carbons (Fsp3) is 0.333. The Morgan fingerprint density at radius 3 is 2.25 bits per heavy atom. The molecule has 24 heavy (non-hydrogen) atoms. The van der Waals surface area contributed by atoms with Crippen molar-refractivity contribution in [3.8, 4) is 11.1 Å². The van der Waals surface area contributed by atoms with Gasteiger partial charge in [-0.2, -0.15) is 0 Å². The van der Waals surface area contributed by atoms with Crippen molar-refractivity contribution in [2.45, 2.75) is 20.3 Å². The van der Waals surface area contributed by atoms with E-state index >= 15 is 0 Å². The van der Waals surface area contributed by atoms with Gasteiger partial charge in [-0.3, -0.25) is 9.59 Å². The van der Waals surface area contributed by atoms with E-state index in [1.54, 1.807) is 6.07 Å². The van der Waals surface area contributed by atoms with Gasteiger partial charge in [0, 0.05) is 29.8 Å². The predicted octanol–water partition coefficient (Wildman–Crippen LogP) is 4.02. The van der Waals surface area contributed by atoms with Crippen molar-refractivity contribution in [2.75, 3.05) is 13.1 Å². The SMILES string of the molecule is C[C@@H]1C[C@H](C)CN(C(=O)c2ccc3c(c2)C(=O)c2ccccc2-3)C1. The van der Waals surface area contributed by atoms with Crippen molar-refractivity contribution in [1.29, 1.82) is 0 Å². The van der Waals surface area contributed by atoms with Gasteiger partial charge in [0.25, 0.3) is 5.91 Å². The molecule has 1 heterocycles. The third-order valence-corrected chi connectivity index (χ3v) is 5.13. The highest BCUT2D eigenvalue weighted by Crippen LogP contribution is 2.37. The number of piperidine rings is 1. The van der Waals surface area contributed by atoms with Gasteiger partial charge >= 0.3 is 0 Å². The number of likely N-dealkylation sites (tertiary alicyclic amines) is 1. The van der Waals surface area contributed by atoms with Gasteiger partial charge in [0.15, 0.2) is 5.78 Å². The van der Waals surface area contributed by atoms with E-state index in [0.717, 1.165) is 29.8 Å². The molecule has 3 heteroatoms. The van der Waals surface area contributed by atoms with Gasteiger partial charge in [0.1, 0.15) is 0 Å². The molecule has 1 aliphatic heterocycles. The number of benzene rings is 2. The topological polar surface area (TPSA) is 37.4 Å². The molecule has 4 rings (SSSR count). The number of carbonyl (C=O) groups excluding carboxylic acids is 2. The van der Waals surface area contributed by atoms with Gasteiger partial charge in [-0.1, -0.05) is 44.2 Å². The zero-order valence-electron chi connectivity index (χ0n) is 14.1. The molecule has 2 atom stereocenters. The molecular weight excluding hydrogens is 298 g/mol. The fourth-order valence-corrected chi connectivity index (χ4v) is 4.17. The minimum atomic E-state index is 0.0237. The lowest BCUT2D eigenvalue weighted by atomic mass is 9.91. The first-order valence-electron chi connectivity index (χ1n) is 8.62. The molecule has 0 bridgehead atoms. The lowest BCUT2D eigenvalue weighted by Crippen LogP contribution is -2.42. The Labute approximate surface area is 142 Å². The second-order valence-electron chi connectivity index (χ2n) is 7.29. The van der Waals surface area contributed by atoms with Crippen molar-refractivity contribution in [3.05, 3.63) is 59.2 Å². The van der Waals surface area contributed by atoms with Gasteiger partial charge < -0.3 is 4.90 Å². The van der Waals surface area contributed by atoms with Crippen LogP contribution in [0.15, 0.2) is 42.5 Å². The quantitative estimate of drug-likeness (QED) is 0.679. The molecule has 2 aromatic carbocycles. The molecule has 2 aliphatic rings. The van der Waals surface area contributed by atoms with Crippen LogP contribution < -0.4 is 0 Å². The third-order valence-electron chi connectivity index (χ3n) is 5.13. The molecule has 122 valence electrons. The fourth-order valence-electron chi connectivity index (χ4n) is 4.17. The summed E-state index contributed by atoms with van der Waals surface area (Å²) in [5, 5.41) is 0. The Kier molecular flexibility index (Phi) is 3.52. The molecule has 0 aromatic heterocycles. The average molecular weight is 319 g/mol. The highest BCUT2D eigenvalue weighted by atomic mass is 16.2. The second-order valence-corrected chi connectivity index (χ2v) is 7.29. The first-order valence-corrected chi connectivity index (χ1v) is 8.62. The van der Waals surface area contributed by atoms with Crippen molar-refractivity contribution in [2.24, 2.45) is 11.8 Å². The number of fused-ring (bicyclic) bond motifs is 3. The van der Waals surface area contributed by atoms with Crippen LogP contribution in [-0.4, -0.2) is 29.7 Å². The number of hydrogen-bond donors (Lipinski definition) is 0. The first-order chi connectivity index (χ1) is 11.5. The van der Waals surface area contributed by atoms with Crippen molar-refractivity contribution in [3.63, 3.8) is 0 Å². The van der Waals surface area contributed by atoms with Crippen LogP contribution in [-0.2, 0) is 0 Å². The summed E-state index contributed by atoms with van der Waals surface area (Å²) in [5.41, 5.74) is 3.91. The van der Waals surface area contributed by atoms with E-state index in [1.165, 1.54) is 6.42 Å². The molecule has 1 aliphatic carbocycles. The zero-order valence-corrected chi connectivity index (χ0v) is 14.1. The molecule has 1 fully saturated rings. The molecule has 0 radical (unpaired) electrons. The number of rotatable bonds is 1. The molecule has 0 saturated carbocycles. The van der Waals surface area contributed by atoms with Crippen molar-refractivity contribution in [1.82, 2.24) is 4.90 Å². The van der Waals surface area contributed by atoms with E-state index in [1.807, 2.05) is 41.3 Å². The Balaban J connectivity index is 1.68. The van der Waals surface area contributed by atoms with Gasteiger partial charge in [-0.15, -0.1) is 0 Å². The normalized spacial score (nSPS) is 22.2. The number of amides is 1. The van der Waals surface area contributed by atoms with Crippen LogP contribution in [0.3, 0.4) is 0 Å². The smallest absolute Gasteiger partial charge is 0.253 e. The minimum Gasteiger partial charge on any atom is -0.338 e. The zero-order chi connectivity index (χ0) is 16.8. The standard InChI is InChI=1S/C21H21NO2/c1-13-9-14(2)12-22(11-13)21(24)15-7-8-17-16-5-3-4-6-18(16)20(23)19(17)10-15/h3-8,10,13-14H,9,11-12H2,1-2H3/t13-,14+. The highest BCUT2D eigenvalue weighted by molar-refractivity contribution is 6.22. The van der Waals surface area contributed by atoms with E-state index in [-0.39, 0.29) is 11.7 Å². The van der Waals surface area contributed by atoms with E-state index in [2.05, 4.69) is 13.8 Å². The van der Waals surface area contributed by atoms with E-state index < -0.39 is 0 Å². The Morgan fingerprint density at radius 2 is 1.54 bits per heavy atom. The summed E-state index contributed by atoms with van der Waals surface area (Å²) >= 11 is 0. The molecular formula is C21H21NO2. The maximum Gasteiger partial charge on any atom is 0.253 e. The van der Waals surface area contributed by atoms with Crippen LogP contribution in [0.2, 0.25) is 0 Å². The van der Waals surface area contributed by atoms with E-state index in [4.69, 9.17) is 0 Å². The van der Waals surface area contributed by atoms with E-state index in [0.29, 0.717) is 23.0 Å².